The third-order valence-corrected chi connectivity index (χ3v) is 4.97. The number of carbonyl (C=O) groups excluding carboxylic acids is 1. The molecule has 3 nitrogen and oxygen atoms in total. The van der Waals surface area contributed by atoms with Crippen molar-refractivity contribution in [3.63, 3.8) is 0 Å². The molecular formula is C22H38N2O. The van der Waals surface area contributed by atoms with Gasteiger partial charge in [0.25, 0.3) is 0 Å². The quantitative estimate of drug-likeness (QED) is 0.503. The van der Waals surface area contributed by atoms with Crippen molar-refractivity contribution in [3.05, 3.63) is 35.9 Å². The predicted octanol–water partition coefficient (Wildman–Crippen LogP) is 5.14. The maximum absolute atomic E-state index is 12.2. The van der Waals surface area contributed by atoms with Crippen LogP contribution in [0.25, 0.3) is 0 Å². The molecule has 1 aromatic rings. The van der Waals surface area contributed by atoms with Crippen LogP contribution in [0.4, 0.5) is 0 Å². The first kappa shape index (κ1) is 21.7. The summed E-state index contributed by atoms with van der Waals surface area (Å²) < 4.78 is 0. The number of carbonyl (C=O) groups is 1. The molecule has 0 radical (unpaired) electrons. The molecule has 0 aliphatic rings. The average Bonchev–Trinajstić information content (AvgIpc) is 2.60. The van der Waals surface area contributed by atoms with Gasteiger partial charge in [-0.15, -0.1) is 0 Å². The maximum Gasteiger partial charge on any atom is 0.222 e. The van der Waals surface area contributed by atoms with Crippen molar-refractivity contribution in [1.82, 2.24) is 4.90 Å². The Morgan fingerprint density at radius 3 is 2.12 bits per heavy atom. The van der Waals surface area contributed by atoms with E-state index in [9.17, 15) is 4.79 Å². The highest BCUT2D eigenvalue weighted by Gasteiger charge is 2.09. The highest BCUT2D eigenvalue weighted by Crippen LogP contribution is 2.13. The second-order valence-electron chi connectivity index (χ2n) is 7.66. The molecule has 0 aliphatic carbocycles. The van der Waals surface area contributed by atoms with E-state index in [2.05, 4.69) is 26.0 Å². The van der Waals surface area contributed by atoms with Crippen LogP contribution in [0.15, 0.2) is 30.3 Å². The topological polar surface area (TPSA) is 46.3 Å². The minimum Gasteiger partial charge on any atom is -0.341 e. The molecule has 1 amide bonds. The third kappa shape index (κ3) is 10.3. The number of nitrogens with two attached hydrogens (primary N) is 1. The number of hydrogen-bond acceptors (Lipinski definition) is 2. The van der Waals surface area contributed by atoms with Gasteiger partial charge < -0.3 is 10.6 Å². The van der Waals surface area contributed by atoms with E-state index in [1.165, 1.54) is 37.7 Å². The van der Waals surface area contributed by atoms with Crippen LogP contribution < -0.4 is 5.73 Å². The molecule has 0 fully saturated rings. The van der Waals surface area contributed by atoms with Crippen molar-refractivity contribution >= 4 is 5.91 Å². The lowest BCUT2D eigenvalue weighted by Gasteiger charge is -2.17. The number of rotatable bonds is 13. The molecule has 0 spiro atoms. The average molecular weight is 347 g/mol. The van der Waals surface area contributed by atoms with Gasteiger partial charge >= 0.3 is 0 Å². The van der Waals surface area contributed by atoms with Crippen LogP contribution in [0.5, 0.6) is 0 Å². The zero-order valence-electron chi connectivity index (χ0n) is 16.5. The summed E-state index contributed by atoms with van der Waals surface area (Å²) in [5.74, 6) is 0.851. The Labute approximate surface area is 155 Å². The standard InChI is InChI=1S/C22H38N2O/c1-19(2)21(23)16-12-7-5-4-6-8-13-17-22(25)24(3)18-20-14-10-9-11-15-20/h9-11,14-15,19,21H,4-8,12-13,16-18,23H2,1-3H3. The van der Waals surface area contributed by atoms with E-state index in [0.29, 0.717) is 24.9 Å². The van der Waals surface area contributed by atoms with Crippen molar-refractivity contribution in [2.24, 2.45) is 11.7 Å². The molecule has 1 atom stereocenters. The van der Waals surface area contributed by atoms with Gasteiger partial charge in [-0.25, -0.2) is 0 Å². The van der Waals surface area contributed by atoms with E-state index in [4.69, 9.17) is 5.73 Å². The minimum absolute atomic E-state index is 0.256. The van der Waals surface area contributed by atoms with E-state index >= 15 is 0 Å². The van der Waals surface area contributed by atoms with Crippen LogP contribution in [0.2, 0.25) is 0 Å². The summed E-state index contributed by atoms with van der Waals surface area (Å²) >= 11 is 0. The van der Waals surface area contributed by atoms with Crippen molar-refractivity contribution in [2.75, 3.05) is 7.05 Å². The largest absolute Gasteiger partial charge is 0.341 e. The lowest BCUT2D eigenvalue weighted by atomic mass is 9.98. The van der Waals surface area contributed by atoms with Crippen LogP contribution >= 0.6 is 0 Å². The van der Waals surface area contributed by atoms with Gasteiger partial charge in [0.1, 0.15) is 0 Å². The van der Waals surface area contributed by atoms with Gasteiger partial charge in [0, 0.05) is 26.1 Å². The summed E-state index contributed by atoms with van der Waals surface area (Å²) in [6.45, 7) is 5.10. The summed E-state index contributed by atoms with van der Waals surface area (Å²) in [7, 11) is 1.90. The molecule has 0 bridgehead atoms. The van der Waals surface area contributed by atoms with Crippen LogP contribution in [-0.2, 0) is 11.3 Å². The number of benzene rings is 1. The minimum atomic E-state index is 0.256. The lowest BCUT2D eigenvalue weighted by molar-refractivity contribution is -0.130. The lowest BCUT2D eigenvalue weighted by Crippen LogP contribution is -2.25. The number of hydrogen-bond donors (Lipinski definition) is 1. The van der Waals surface area contributed by atoms with E-state index in [0.717, 1.165) is 19.3 Å². The number of unbranched alkanes of at least 4 members (excludes halogenated alkanes) is 6. The van der Waals surface area contributed by atoms with E-state index in [-0.39, 0.29) is 5.91 Å². The predicted molar refractivity (Wildman–Crippen MR) is 107 cm³/mol. The van der Waals surface area contributed by atoms with Crippen LogP contribution in [0.1, 0.15) is 77.2 Å². The SMILES string of the molecule is CC(C)C(N)CCCCCCCCCC(=O)N(C)Cc1ccccc1. The first-order valence-electron chi connectivity index (χ1n) is 10.0. The summed E-state index contributed by atoms with van der Waals surface area (Å²) in [5.41, 5.74) is 7.25. The fraction of sp³-hybridized carbons (Fsp3) is 0.682. The van der Waals surface area contributed by atoms with Crippen LogP contribution in [-0.4, -0.2) is 23.9 Å². The molecule has 0 saturated carbocycles. The first-order valence-corrected chi connectivity index (χ1v) is 10.0. The Hall–Kier alpha value is -1.35. The number of amides is 1. The molecule has 25 heavy (non-hydrogen) atoms. The summed E-state index contributed by atoms with van der Waals surface area (Å²) in [6, 6.07) is 10.5. The van der Waals surface area contributed by atoms with Gasteiger partial charge in [0.2, 0.25) is 5.91 Å². The number of nitrogens with zero attached hydrogens (tertiary/aromatic N) is 1. The highest BCUT2D eigenvalue weighted by molar-refractivity contribution is 5.75. The van der Waals surface area contributed by atoms with Gasteiger partial charge in [-0.3, -0.25) is 4.79 Å². The Balaban J connectivity index is 1.97. The van der Waals surface area contributed by atoms with E-state index in [1.54, 1.807) is 0 Å². The fourth-order valence-corrected chi connectivity index (χ4v) is 3.01. The summed E-state index contributed by atoms with van der Waals surface area (Å²) in [5, 5.41) is 0. The zero-order chi connectivity index (χ0) is 18.5. The molecule has 0 heterocycles. The van der Waals surface area contributed by atoms with E-state index in [1.807, 2.05) is 30.1 Å². The van der Waals surface area contributed by atoms with Gasteiger partial charge in [-0.1, -0.05) is 82.7 Å². The normalized spacial score (nSPS) is 12.4. The Bertz CT molecular complexity index is 458. The maximum atomic E-state index is 12.2. The zero-order valence-corrected chi connectivity index (χ0v) is 16.5. The van der Waals surface area contributed by atoms with Crippen molar-refractivity contribution in [1.29, 1.82) is 0 Å². The monoisotopic (exact) mass is 346 g/mol. The van der Waals surface area contributed by atoms with Gasteiger partial charge in [0.05, 0.1) is 0 Å². The molecule has 142 valence electrons. The Morgan fingerprint density at radius 2 is 1.52 bits per heavy atom. The van der Waals surface area contributed by atoms with Gasteiger partial charge in [0.15, 0.2) is 0 Å². The molecule has 2 N–H and O–H groups in total. The Morgan fingerprint density at radius 1 is 0.960 bits per heavy atom. The van der Waals surface area contributed by atoms with Crippen LogP contribution in [0, 0.1) is 5.92 Å². The smallest absolute Gasteiger partial charge is 0.222 e. The second-order valence-corrected chi connectivity index (χ2v) is 7.66. The molecule has 1 unspecified atom stereocenters. The Kier molecular flexibility index (Phi) is 11.2. The highest BCUT2D eigenvalue weighted by atomic mass is 16.2. The van der Waals surface area contributed by atoms with Gasteiger partial charge in [-0.2, -0.15) is 0 Å². The van der Waals surface area contributed by atoms with Crippen molar-refractivity contribution in [3.8, 4) is 0 Å². The first-order chi connectivity index (χ1) is 12.0. The van der Waals surface area contributed by atoms with Crippen molar-refractivity contribution in [2.45, 2.75) is 84.2 Å². The summed E-state index contributed by atoms with van der Waals surface area (Å²) in [4.78, 5) is 14.0. The molecular weight excluding hydrogens is 308 g/mol. The van der Waals surface area contributed by atoms with E-state index < -0.39 is 0 Å². The molecule has 0 saturated heterocycles. The second kappa shape index (κ2) is 12.9. The molecule has 1 aromatic carbocycles. The van der Waals surface area contributed by atoms with Gasteiger partial charge in [-0.05, 0) is 24.3 Å². The molecule has 0 aromatic heterocycles. The van der Waals surface area contributed by atoms with Crippen molar-refractivity contribution < 1.29 is 4.79 Å². The third-order valence-electron chi connectivity index (χ3n) is 4.97. The molecule has 3 heteroatoms. The fourth-order valence-electron chi connectivity index (χ4n) is 3.01. The molecule has 1 rings (SSSR count). The summed E-state index contributed by atoms with van der Waals surface area (Å²) in [6.07, 6.45) is 10.4. The molecule has 0 aliphatic heterocycles. The van der Waals surface area contributed by atoms with Crippen LogP contribution in [0.3, 0.4) is 0 Å².